The molecule has 0 aliphatic heterocycles. The minimum Gasteiger partial charge on any atom is -0.478 e. The second-order valence-corrected chi connectivity index (χ2v) is 8.43. The van der Waals surface area contributed by atoms with Gasteiger partial charge in [-0.1, -0.05) is 24.3 Å². The van der Waals surface area contributed by atoms with Crippen LogP contribution in [0, 0.1) is 19.7 Å². The molecule has 0 aliphatic carbocycles. The lowest BCUT2D eigenvalue weighted by atomic mass is 10.0. The number of carbonyl (C=O) groups excluding carboxylic acids is 2. The number of nitrogen functional groups attached to an aromatic ring is 1. The number of amides is 2. The van der Waals surface area contributed by atoms with Gasteiger partial charge >= 0.3 is 5.97 Å². The highest BCUT2D eigenvalue weighted by atomic mass is 19.1. The van der Waals surface area contributed by atoms with E-state index in [0.29, 0.717) is 16.8 Å². The van der Waals surface area contributed by atoms with Crippen LogP contribution in [0.5, 0.6) is 0 Å². The van der Waals surface area contributed by atoms with Crippen molar-refractivity contribution in [3.63, 3.8) is 0 Å². The summed E-state index contributed by atoms with van der Waals surface area (Å²) in [6.45, 7) is 3.80. The molecule has 3 rings (SSSR count). The molecule has 0 bridgehead atoms. The van der Waals surface area contributed by atoms with Crippen molar-refractivity contribution in [2.45, 2.75) is 33.5 Å². The summed E-state index contributed by atoms with van der Waals surface area (Å²) in [5.74, 6) is -2.52. The van der Waals surface area contributed by atoms with Crippen molar-refractivity contribution < 1.29 is 23.9 Å². The fourth-order valence-electron chi connectivity index (χ4n) is 3.74. The van der Waals surface area contributed by atoms with Gasteiger partial charge in [-0.05, 0) is 54.3 Å². The molecule has 2 amide bonds. The SMILES string of the molecule is Cc1cc(CNC(=O)c2cc(CN(CC(N)=O)Cc3ccc(C(=O)O)c(C)c3)nc(N)n2)ccc1F. The molecular formula is C25H27FN6O4. The summed E-state index contributed by atoms with van der Waals surface area (Å²) in [7, 11) is 0. The van der Waals surface area contributed by atoms with E-state index in [0.717, 1.165) is 11.1 Å². The van der Waals surface area contributed by atoms with E-state index in [1.165, 1.54) is 18.2 Å². The quantitative estimate of drug-likeness (QED) is 0.332. The van der Waals surface area contributed by atoms with Gasteiger partial charge in [0, 0.05) is 19.6 Å². The van der Waals surface area contributed by atoms with Crippen LogP contribution in [0.4, 0.5) is 10.3 Å². The number of rotatable bonds is 10. The van der Waals surface area contributed by atoms with E-state index in [2.05, 4.69) is 15.3 Å². The number of nitrogens with zero attached hydrogens (tertiary/aromatic N) is 3. The molecule has 0 radical (unpaired) electrons. The van der Waals surface area contributed by atoms with Gasteiger partial charge in [-0.25, -0.2) is 19.2 Å². The Labute approximate surface area is 207 Å². The fraction of sp³-hybridized carbons (Fsp3) is 0.240. The van der Waals surface area contributed by atoms with Crippen LogP contribution in [-0.2, 0) is 24.4 Å². The molecule has 0 saturated carbocycles. The van der Waals surface area contributed by atoms with E-state index in [4.69, 9.17) is 11.5 Å². The minimum absolute atomic E-state index is 0.0389. The number of nitrogens with one attached hydrogen (secondary N) is 1. The number of hydrogen-bond donors (Lipinski definition) is 4. The number of carboxylic acids is 1. The van der Waals surface area contributed by atoms with Crippen molar-refractivity contribution in [3.05, 3.63) is 87.5 Å². The second-order valence-electron chi connectivity index (χ2n) is 8.43. The zero-order valence-electron chi connectivity index (χ0n) is 19.9. The van der Waals surface area contributed by atoms with E-state index in [1.54, 1.807) is 43.0 Å². The van der Waals surface area contributed by atoms with Crippen molar-refractivity contribution in [2.24, 2.45) is 5.73 Å². The number of benzene rings is 2. The molecule has 1 aromatic heterocycles. The maximum absolute atomic E-state index is 13.5. The Kier molecular flexibility index (Phi) is 8.28. The van der Waals surface area contributed by atoms with Gasteiger partial charge in [0.25, 0.3) is 5.91 Å². The molecule has 0 aliphatic rings. The van der Waals surface area contributed by atoms with Gasteiger partial charge in [0.1, 0.15) is 11.5 Å². The van der Waals surface area contributed by atoms with Crippen LogP contribution in [0.25, 0.3) is 0 Å². The van der Waals surface area contributed by atoms with E-state index in [9.17, 15) is 23.9 Å². The molecule has 36 heavy (non-hydrogen) atoms. The number of aromatic nitrogens is 2. The number of primary amides is 1. The van der Waals surface area contributed by atoms with Gasteiger partial charge in [0.05, 0.1) is 17.8 Å². The Morgan fingerprint density at radius 3 is 2.33 bits per heavy atom. The summed E-state index contributed by atoms with van der Waals surface area (Å²) in [4.78, 5) is 45.5. The van der Waals surface area contributed by atoms with Gasteiger partial charge in [-0.2, -0.15) is 0 Å². The van der Waals surface area contributed by atoms with Crippen LogP contribution in [-0.4, -0.2) is 44.3 Å². The summed E-state index contributed by atoms with van der Waals surface area (Å²) in [6, 6.07) is 10.9. The summed E-state index contributed by atoms with van der Waals surface area (Å²) in [5.41, 5.74) is 14.4. The molecule has 11 heteroatoms. The Morgan fingerprint density at radius 2 is 1.69 bits per heavy atom. The normalized spacial score (nSPS) is 10.9. The van der Waals surface area contributed by atoms with Gasteiger partial charge in [-0.15, -0.1) is 0 Å². The van der Waals surface area contributed by atoms with E-state index in [1.807, 2.05) is 0 Å². The molecule has 6 N–H and O–H groups in total. The lowest BCUT2D eigenvalue weighted by Crippen LogP contribution is -2.33. The topological polar surface area (TPSA) is 165 Å². The van der Waals surface area contributed by atoms with Gasteiger partial charge in [0.2, 0.25) is 11.9 Å². The number of halogens is 1. The monoisotopic (exact) mass is 494 g/mol. The number of aromatic carboxylic acids is 1. The van der Waals surface area contributed by atoms with Crippen molar-refractivity contribution in [1.29, 1.82) is 0 Å². The first-order chi connectivity index (χ1) is 17.0. The Morgan fingerprint density at radius 1 is 1.00 bits per heavy atom. The highest BCUT2D eigenvalue weighted by Crippen LogP contribution is 2.15. The molecule has 3 aromatic rings. The zero-order chi connectivity index (χ0) is 26.4. The van der Waals surface area contributed by atoms with Crippen LogP contribution in [0.1, 0.15) is 48.8 Å². The smallest absolute Gasteiger partial charge is 0.335 e. The molecule has 2 aromatic carbocycles. The molecule has 0 saturated heterocycles. The van der Waals surface area contributed by atoms with Crippen LogP contribution < -0.4 is 16.8 Å². The third-order valence-electron chi connectivity index (χ3n) is 5.40. The number of carboxylic acid groups (broad SMARTS) is 1. The van der Waals surface area contributed by atoms with Crippen LogP contribution in [0.2, 0.25) is 0 Å². The summed E-state index contributed by atoms with van der Waals surface area (Å²) in [6.07, 6.45) is 0. The lowest BCUT2D eigenvalue weighted by Gasteiger charge is -2.21. The predicted octanol–water partition coefficient (Wildman–Crippen LogP) is 1.93. The molecule has 0 atom stereocenters. The average Bonchev–Trinajstić information content (AvgIpc) is 2.78. The summed E-state index contributed by atoms with van der Waals surface area (Å²) < 4.78 is 13.5. The molecular weight excluding hydrogens is 467 g/mol. The third kappa shape index (κ3) is 7.06. The molecule has 0 spiro atoms. The highest BCUT2D eigenvalue weighted by molar-refractivity contribution is 5.92. The minimum atomic E-state index is -1.02. The predicted molar refractivity (Wildman–Crippen MR) is 130 cm³/mol. The largest absolute Gasteiger partial charge is 0.478 e. The number of hydrogen-bond acceptors (Lipinski definition) is 7. The van der Waals surface area contributed by atoms with Crippen molar-refractivity contribution in [1.82, 2.24) is 20.2 Å². The molecule has 10 nitrogen and oxygen atoms in total. The van der Waals surface area contributed by atoms with Crippen LogP contribution in [0.15, 0.2) is 42.5 Å². The highest BCUT2D eigenvalue weighted by Gasteiger charge is 2.16. The Hall–Kier alpha value is -4.38. The third-order valence-corrected chi connectivity index (χ3v) is 5.40. The van der Waals surface area contributed by atoms with E-state index < -0.39 is 17.8 Å². The zero-order valence-corrected chi connectivity index (χ0v) is 19.9. The van der Waals surface area contributed by atoms with Crippen molar-refractivity contribution in [3.8, 4) is 0 Å². The Balaban J connectivity index is 1.75. The van der Waals surface area contributed by atoms with Crippen molar-refractivity contribution in [2.75, 3.05) is 12.3 Å². The Bertz CT molecular complexity index is 1310. The summed E-state index contributed by atoms with van der Waals surface area (Å²) in [5, 5.41) is 11.9. The van der Waals surface area contributed by atoms with E-state index >= 15 is 0 Å². The standard InChI is InChI=1S/C25H27FN6O4/c1-14-7-17(3-5-19(14)24(35)36)11-32(13-22(27)33)12-18-9-21(31-25(28)30-18)23(34)29-10-16-4-6-20(26)15(2)8-16/h3-9H,10-13H2,1-2H3,(H2,27,33)(H,29,34)(H,35,36)(H2,28,30,31). The van der Waals surface area contributed by atoms with Crippen LogP contribution >= 0.6 is 0 Å². The van der Waals surface area contributed by atoms with Gasteiger partial charge in [0.15, 0.2) is 0 Å². The molecule has 0 unspecified atom stereocenters. The maximum Gasteiger partial charge on any atom is 0.335 e. The molecule has 0 fully saturated rings. The average molecular weight is 495 g/mol. The maximum atomic E-state index is 13.5. The number of carbonyl (C=O) groups is 3. The molecule has 188 valence electrons. The van der Waals surface area contributed by atoms with E-state index in [-0.39, 0.29) is 49.2 Å². The number of aryl methyl sites for hydroxylation is 2. The molecule has 1 heterocycles. The lowest BCUT2D eigenvalue weighted by molar-refractivity contribution is -0.119. The van der Waals surface area contributed by atoms with Crippen LogP contribution in [0.3, 0.4) is 0 Å². The fourth-order valence-corrected chi connectivity index (χ4v) is 3.74. The van der Waals surface area contributed by atoms with Gasteiger partial charge in [-0.3, -0.25) is 14.5 Å². The number of nitrogens with two attached hydrogens (primary N) is 2. The van der Waals surface area contributed by atoms with Crippen molar-refractivity contribution >= 4 is 23.7 Å². The second kappa shape index (κ2) is 11.4. The summed E-state index contributed by atoms with van der Waals surface area (Å²) >= 11 is 0. The first-order valence-electron chi connectivity index (χ1n) is 11.0. The first kappa shape index (κ1) is 26.2. The first-order valence-corrected chi connectivity index (χ1v) is 11.0. The van der Waals surface area contributed by atoms with Gasteiger partial charge < -0.3 is 21.9 Å². The number of anilines is 1.